The van der Waals surface area contributed by atoms with E-state index in [1.165, 1.54) is 17.2 Å². The highest BCUT2D eigenvalue weighted by atomic mass is 35.5. The van der Waals surface area contributed by atoms with E-state index in [1.54, 1.807) is 7.11 Å². The highest BCUT2D eigenvalue weighted by Crippen LogP contribution is 2.18. The lowest BCUT2D eigenvalue weighted by Crippen LogP contribution is -2.36. The van der Waals surface area contributed by atoms with Crippen molar-refractivity contribution in [3.8, 4) is 0 Å². The Morgan fingerprint density at radius 3 is 2.94 bits per heavy atom. The Labute approximate surface area is 110 Å². The van der Waals surface area contributed by atoms with Crippen molar-refractivity contribution in [2.45, 2.75) is 0 Å². The predicted molar refractivity (Wildman–Crippen MR) is 68.5 cm³/mol. The standard InChI is InChI=1S/C11H16ClN3O3/c1-18-5-3-15(2-4-16)11(17)8-6-10(13)14-7-9(8)12/h6-7,16H,2-5H2,1H3,(H2,13,14). The third-order valence-corrected chi connectivity index (χ3v) is 2.63. The zero-order chi connectivity index (χ0) is 13.5. The van der Waals surface area contributed by atoms with Gasteiger partial charge in [0.05, 0.1) is 23.8 Å². The highest BCUT2D eigenvalue weighted by Gasteiger charge is 2.18. The van der Waals surface area contributed by atoms with Crippen molar-refractivity contribution in [2.75, 3.05) is 39.1 Å². The summed E-state index contributed by atoms with van der Waals surface area (Å²) in [5.74, 6) is -0.0846. The molecule has 0 spiro atoms. The van der Waals surface area contributed by atoms with Crippen molar-refractivity contribution >= 4 is 23.3 Å². The summed E-state index contributed by atoms with van der Waals surface area (Å²) in [6.07, 6.45) is 1.33. The number of aromatic nitrogens is 1. The Morgan fingerprint density at radius 2 is 2.33 bits per heavy atom. The number of nitrogens with zero attached hydrogens (tertiary/aromatic N) is 2. The minimum atomic E-state index is -0.305. The summed E-state index contributed by atoms with van der Waals surface area (Å²) in [6.45, 7) is 0.826. The molecule has 6 nitrogen and oxygen atoms in total. The maximum atomic E-state index is 12.2. The summed E-state index contributed by atoms with van der Waals surface area (Å²) in [5, 5.41) is 9.18. The molecular formula is C11H16ClN3O3. The number of rotatable bonds is 6. The molecule has 1 rings (SSSR count). The summed E-state index contributed by atoms with van der Waals surface area (Å²) < 4.78 is 4.91. The number of methoxy groups -OCH3 is 1. The Bertz CT molecular complexity index is 415. The lowest BCUT2D eigenvalue weighted by Gasteiger charge is -2.21. The van der Waals surface area contributed by atoms with E-state index < -0.39 is 0 Å². The van der Waals surface area contributed by atoms with Crippen LogP contribution < -0.4 is 5.73 Å². The van der Waals surface area contributed by atoms with E-state index in [4.69, 9.17) is 27.2 Å². The van der Waals surface area contributed by atoms with E-state index >= 15 is 0 Å². The average molecular weight is 274 g/mol. The maximum Gasteiger partial charge on any atom is 0.255 e. The first-order chi connectivity index (χ1) is 8.60. The fraction of sp³-hybridized carbons (Fsp3) is 0.455. The van der Waals surface area contributed by atoms with Crippen molar-refractivity contribution < 1.29 is 14.6 Å². The summed E-state index contributed by atoms with van der Waals surface area (Å²) in [7, 11) is 1.54. The Balaban J connectivity index is 2.90. The van der Waals surface area contributed by atoms with Crippen LogP contribution in [0.4, 0.5) is 5.82 Å². The molecule has 100 valence electrons. The van der Waals surface area contributed by atoms with Crippen LogP contribution in [0, 0.1) is 0 Å². The van der Waals surface area contributed by atoms with E-state index in [0.717, 1.165) is 0 Å². The molecule has 0 saturated carbocycles. The summed E-state index contributed by atoms with van der Waals surface area (Å²) >= 11 is 5.91. The number of nitrogen functional groups attached to an aromatic ring is 1. The number of ether oxygens (including phenoxy) is 1. The molecule has 7 heteroatoms. The molecule has 0 bridgehead atoms. The molecule has 1 amide bonds. The predicted octanol–water partition coefficient (Wildman–Crippen LogP) is 0.398. The number of hydrogen-bond acceptors (Lipinski definition) is 5. The van der Waals surface area contributed by atoms with Crippen LogP contribution in [-0.4, -0.2) is 54.3 Å². The van der Waals surface area contributed by atoms with Crippen molar-refractivity contribution in [1.29, 1.82) is 0 Å². The number of pyridine rings is 1. The number of carbonyl (C=O) groups excluding carboxylic acids is 1. The molecule has 1 aromatic heterocycles. The fourth-order valence-electron chi connectivity index (χ4n) is 1.43. The van der Waals surface area contributed by atoms with Crippen LogP contribution in [0.5, 0.6) is 0 Å². The lowest BCUT2D eigenvalue weighted by atomic mass is 10.2. The van der Waals surface area contributed by atoms with Crippen LogP contribution in [0.15, 0.2) is 12.3 Å². The maximum absolute atomic E-state index is 12.2. The highest BCUT2D eigenvalue weighted by molar-refractivity contribution is 6.33. The van der Waals surface area contributed by atoms with E-state index in [1.807, 2.05) is 0 Å². The zero-order valence-corrected chi connectivity index (χ0v) is 10.9. The number of carbonyl (C=O) groups is 1. The average Bonchev–Trinajstić information content (AvgIpc) is 2.36. The van der Waals surface area contributed by atoms with Gasteiger partial charge in [-0.3, -0.25) is 4.79 Å². The third kappa shape index (κ3) is 3.83. The van der Waals surface area contributed by atoms with Crippen LogP contribution in [0.2, 0.25) is 5.02 Å². The van der Waals surface area contributed by atoms with E-state index in [2.05, 4.69) is 4.98 Å². The van der Waals surface area contributed by atoms with E-state index in [9.17, 15) is 4.79 Å². The van der Waals surface area contributed by atoms with Gasteiger partial charge in [-0.25, -0.2) is 4.98 Å². The Kier molecular flexibility index (Phi) is 5.84. The molecule has 0 aliphatic rings. The van der Waals surface area contributed by atoms with Gasteiger partial charge in [-0.05, 0) is 6.07 Å². The first-order valence-electron chi connectivity index (χ1n) is 5.40. The first-order valence-corrected chi connectivity index (χ1v) is 5.78. The van der Waals surface area contributed by atoms with Crippen molar-refractivity contribution in [1.82, 2.24) is 9.88 Å². The van der Waals surface area contributed by atoms with Crippen molar-refractivity contribution in [3.05, 3.63) is 22.8 Å². The number of aliphatic hydroxyl groups excluding tert-OH is 1. The lowest BCUT2D eigenvalue weighted by molar-refractivity contribution is 0.0656. The molecular weight excluding hydrogens is 258 g/mol. The van der Waals surface area contributed by atoms with E-state index in [-0.39, 0.29) is 35.5 Å². The van der Waals surface area contributed by atoms with Crippen molar-refractivity contribution in [3.63, 3.8) is 0 Å². The van der Waals surface area contributed by atoms with E-state index in [0.29, 0.717) is 13.2 Å². The van der Waals surface area contributed by atoms with Crippen molar-refractivity contribution in [2.24, 2.45) is 0 Å². The molecule has 1 heterocycles. The molecule has 0 aromatic carbocycles. The molecule has 0 radical (unpaired) electrons. The summed E-state index contributed by atoms with van der Waals surface area (Å²) in [6, 6.07) is 1.42. The van der Waals surface area contributed by atoms with Gasteiger partial charge in [0.1, 0.15) is 5.82 Å². The number of amides is 1. The number of halogens is 1. The molecule has 0 aliphatic heterocycles. The Hall–Kier alpha value is -1.37. The largest absolute Gasteiger partial charge is 0.395 e. The quantitative estimate of drug-likeness (QED) is 0.783. The first kappa shape index (κ1) is 14.7. The van der Waals surface area contributed by atoms with Crippen LogP contribution in [0.1, 0.15) is 10.4 Å². The SMILES string of the molecule is COCCN(CCO)C(=O)c1cc(N)ncc1Cl. The summed E-state index contributed by atoms with van der Waals surface area (Å²) in [5.41, 5.74) is 5.80. The molecule has 0 saturated heterocycles. The third-order valence-electron chi connectivity index (χ3n) is 2.33. The molecule has 18 heavy (non-hydrogen) atoms. The van der Waals surface area contributed by atoms with Gasteiger partial charge in [-0.15, -0.1) is 0 Å². The van der Waals surface area contributed by atoms with Gasteiger partial charge in [0, 0.05) is 26.4 Å². The molecule has 0 unspecified atom stereocenters. The topological polar surface area (TPSA) is 88.7 Å². The van der Waals surface area contributed by atoms with Gasteiger partial charge < -0.3 is 20.5 Å². The van der Waals surface area contributed by atoms with Gasteiger partial charge >= 0.3 is 0 Å². The number of anilines is 1. The molecule has 1 aromatic rings. The Morgan fingerprint density at radius 1 is 1.61 bits per heavy atom. The van der Waals surface area contributed by atoms with Crippen LogP contribution >= 0.6 is 11.6 Å². The van der Waals surface area contributed by atoms with Crippen LogP contribution in [0.25, 0.3) is 0 Å². The van der Waals surface area contributed by atoms with Gasteiger partial charge in [-0.1, -0.05) is 11.6 Å². The van der Waals surface area contributed by atoms with Gasteiger partial charge in [0.15, 0.2) is 0 Å². The smallest absolute Gasteiger partial charge is 0.255 e. The molecule has 0 aliphatic carbocycles. The second-order valence-corrected chi connectivity index (χ2v) is 4.00. The monoisotopic (exact) mass is 273 g/mol. The fourth-order valence-corrected chi connectivity index (χ4v) is 1.61. The van der Waals surface area contributed by atoms with Gasteiger partial charge in [-0.2, -0.15) is 0 Å². The minimum Gasteiger partial charge on any atom is -0.395 e. The number of hydrogen-bond donors (Lipinski definition) is 2. The van der Waals surface area contributed by atoms with Gasteiger partial charge in [0.2, 0.25) is 0 Å². The molecule has 0 fully saturated rings. The van der Waals surface area contributed by atoms with Crippen LogP contribution in [-0.2, 0) is 4.74 Å². The number of nitrogens with two attached hydrogens (primary N) is 1. The second-order valence-electron chi connectivity index (χ2n) is 3.60. The normalized spacial score (nSPS) is 10.4. The zero-order valence-electron chi connectivity index (χ0n) is 10.1. The molecule has 3 N–H and O–H groups in total. The number of aliphatic hydroxyl groups is 1. The van der Waals surface area contributed by atoms with Crippen LogP contribution in [0.3, 0.4) is 0 Å². The molecule has 0 atom stereocenters. The van der Waals surface area contributed by atoms with Gasteiger partial charge in [0.25, 0.3) is 5.91 Å². The summed E-state index contributed by atoms with van der Waals surface area (Å²) in [4.78, 5) is 17.4. The second kappa shape index (κ2) is 7.15. The minimum absolute atomic E-state index is 0.131.